The number of amides is 1. The van der Waals surface area contributed by atoms with Crippen LogP contribution in [0.5, 0.6) is 0 Å². The van der Waals surface area contributed by atoms with Gasteiger partial charge in [0.05, 0.1) is 11.9 Å². The molecule has 0 aliphatic carbocycles. The molecule has 3 heterocycles. The van der Waals surface area contributed by atoms with Crippen LogP contribution in [-0.2, 0) is 0 Å². The Morgan fingerprint density at radius 3 is 2.84 bits per heavy atom. The van der Waals surface area contributed by atoms with E-state index < -0.39 is 0 Å². The summed E-state index contributed by atoms with van der Waals surface area (Å²) in [7, 11) is 0. The van der Waals surface area contributed by atoms with Crippen LogP contribution >= 0.6 is 0 Å². The Labute approximate surface area is 144 Å². The molecule has 124 valence electrons. The molecule has 0 atom stereocenters. The van der Waals surface area contributed by atoms with Crippen molar-refractivity contribution in [1.29, 1.82) is 0 Å². The van der Waals surface area contributed by atoms with E-state index in [1.54, 1.807) is 6.92 Å². The number of pyridine rings is 1. The van der Waals surface area contributed by atoms with Gasteiger partial charge in [-0.15, -0.1) is 0 Å². The number of hydrogen-bond donors (Lipinski definition) is 1. The van der Waals surface area contributed by atoms with Crippen molar-refractivity contribution in [3.8, 4) is 11.3 Å². The lowest BCUT2D eigenvalue weighted by atomic mass is 10.1. The van der Waals surface area contributed by atoms with Gasteiger partial charge < -0.3 is 14.2 Å². The molecule has 0 saturated heterocycles. The molecule has 0 saturated carbocycles. The summed E-state index contributed by atoms with van der Waals surface area (Å²) in [6, 6.07) is 11.8. The van der Waals surface area contributed by atoms with Gasteiger partial charge in [-0.05, 0) is 37.6 Å². The van der Waals surface area contributed by atoms with E-state index in [4.69, 9.17) is 4.52 Å². The third-order valence-corrected chi connectivity index (χ3v) is 4.14. The summed E-state index contributed by atoms with van der Waals surface area (Å²) in [6.45, 7) is 3.66. The van der Waals surface area contributed by atoms with Crippen LogP contribution < -0.4 is 5.32 Å². The first kappa shape index (κ1) is 15.1. The zero-order valence-electron chi connectivity index (χ0n) is 13.9. The normalized spacial score (nSPS) is 11.0. The lowest BCUT2D eigenvalue weighted by molar-refractivity contribution is 0.102. The highest BCUT2D eigenvalue weighted by Crippen LogP contribution is 2.26. The molecule has 3 aromatic heterocycles. The summed E-state index contributed by atoms with van der Waals surface area (Å²) in [5, 5.41) is 6.57. The van der Waals surface area contributed by atoms with Gasteiger partial charge >= 0.3 is 0 Å². The minimum atomic E-state index is -0.242. The molecule has 6 nitrogen and oxygen atoms in total. The largest absolute Gasteiger partial charge is 0.361 e. The van der Waals surface area contributed by atoms with E-state index in [0.29, 0.717) is 11.3 Å². The van der Waals surface area contributed by atoms with E-state index in [1.165, 1.54) is 6.20 Å². The third-order valence-electron chi connectivity index (χ3n) is 4.14. The van der Waals surface area contributed by atoms with Crippen LogP contribution in [0.25, 0.3) is 16.9 Å². The number of hydrogen-bond acceptors (Lipinski definition) is 4. The maximum Gasteiger partial charge on any atom is 0.260 e. The lowest BCUT2D eigenvalue weighted by Crippen LogP contribution is -2.13. The van der Waals surface area contributed by atoms with Crippen LogP contribution in [0.4, 0.5) is 5.69 Å². The topological polar surface area (TPSA) is 72.4 Å². The predicted octanol–water partition coefficient (Wildman–Crippen LogP) is 3.86. The van der Waals surface area contributed by atoms with E-state index in [9.17, 15) is 4.79 Å². The van der Waals surface area contributed by atoms with E-state index in [0.717, 1.165) is 28.2 Å². The van der Waals surface area contributed by atoms with E-state index >= 15 is 0 Å². The molecular weight excluding hydrogens is 316 g/mol. The van der Waals surface area contributed by atoms with Gasteiger partial charge in [-0.2, -0.15) is 0 Å². The number of imidazole rings is 1. The van der Waals surface area contributed by atoms with E-state index in [-0.39, 0.29) is 5.91 Å². The molecule has 4 aromatic rings. The second-order valence-electron chi connectivity index (χ2n) is 5.87. The highest BCUT2D eigenvalue weighted by Gasteiger charge is 2.15. The molecule has 0 bridgehead atoms. The second-order valence-corrected chi connectivity index (χ2v) is 5.87. The number of fused-ring (bicyclic) bond motifs is 1. The Kier molecular flexibility index (Phi) is 3.57. The summed E-state index contributed by atoms with van der Waals surface area (Å²) >= 11 is 0. The van der Waals surface area contributed by atoms with Gasteiger partial charge in [-0.1, -0.05) is 23.4 Å². The number of carbonyl (C=O) groups excluding carboxylic acids is 1. The lowest BCUT2D eigenvalue weighted by Gasteiger charge is -2.09. The summed E-state index contributed by atoms with van der Waals surface area (Å²) in [6.07, 6.45) is 5.35. The Bertz CT molecular complexity index is 1040. The quantitative estimate of drug-likeness (QED) is 0.618. The van der Waals surface area contributed by atoms with Gasteiger partial charge in [-0.25, -0.2) is 4.98 Å². The molecule has 0 radical (unpaired) electrons. The van der Waals surface area contributed by atoms with Gasteiger partial charge in [0, 0.05) is 23.6 Å². The van der Waals surface area contributed by atoms with Crippen LogP contribution in [0.1, 0.15) is 21.7 Å². The molecule has 1 N–H and O–H groups in total. The van der Waals surface area contributed by atoms with Gasteiger partial charge in [0.15, 0.2) is 0 Å². The molecule has 0 unspecified atom stereocenters. The smallest absolute Gasteiger partial charge is 0.260 e. The predicted molar refractivity (Wildman–Crippen MR) is 94.6 cm³/mol. The fourth-order valence-corrected chi connectivity index (χ4v) is 2.70. The fraction of sp³-hybridized carbons (Fsp3) is 0.105. The molecule has 6 heteroatoms. The first-order chi connectivity index (χ1) is 12.1. The van der Waals surface area contributed by atoms with Gasteiger partial charge in [0.1, 0.15) is 17.0 Å². The molecular formula is C19H16N4O2. The molecule has 0 aliphatic heterocycles. The molecule has 0 spiro atoms. The highest BCUT2D eigenvalue weighted by atomic mass is 16.5. The summed E-state index contributed by atoms with van der Waals surface area (Å²) < 4.78 is 6.92. The van der Waals surface area contributed by atoms with Crippen LogP contribution in [0.15, 0.2) is 59.5 Å². The number of aromatic nitrogens is 3. The first-order valence-corrected chi connectivity index (χ1v) is 7.89. The van der Waals surface area contributed by atoms with Crippen LogP contribution in [-0.4, -0.2) is 20.4 Å². The number of carbonyl (C=O) groups is 1. The Morgan fingerprint density at radius 2 is 2.08 bits per heavy atom. The molecule has 1 aromatic carbocycles. The molecule has 4 rings (SSSR count). The van der Waals surface area contributed by atoms with Crippen molar-refractivity contribution in [2.24, 2.45) is 0 Å². The van der Waals surface area contributed by atoms with Crippen LogP contribution in [0.2, 0.25) is 0 Å². The van der Waals surface area contributed by atoms with E-state index in [2.05, 4.69) is 15.5 Å². The maximum atomic E-state index is 12.4. The number of rotatable bonds is 3. The highest BCUT2D eigenvalue weighted by molar-refractivity contribution is 6.05. The molecule has 1 amide bonds. The van der Waals surface area contributed by atoms with Crippen molar-refractivity contribution >= 4 is 17.2 Å². The Balaban J connectivity index is 1.69. The number of nitrogens with zero attached hydrogens (tertiary/aromatic N) is 3. The number of aryl methyl sites for hydroxylation is 2. The van der Waals surface area contributed by atoms with Crippen molar-refractivity contribution < 1.29 is 9.32 Å². The molecule has 0 fully saturated rings. The van der Waals surface area contributed by atoms with Gasteiger partial charge in [0.2, 0.25) is 0 Å². The maximum absolute atomic E-state index is 12.4. The minimum Gasteiger partial charge on any atom is -0.361 e. The average molecular weight is 332 g/mol. The monoisotopic (exact) mass is 332 g/mol. The van der Waals surface area contributed by atoms with Crippen molar-refractivity contribution in [2.75, 3.05) is 5.32 Å². The first-order valence-electron chi connectivity index (χ1n) is 7.89. The van der Waals surface area contributed by atoms with E-state index in [1.807, 2.05) is 60.1 Å². The number of nitrogens with one attached hydrogen (secondary N) is 1. The van der Waals surface area contributed by atoms with Gasteiger partial charge in [0.25, 0.3) is 5.91 Å². The Morgan fingerprint density at radius 1 is 1.20 bits per heavy atom. The number of anilines is 1. The average Bonchev–Trinajstić information content (AvgIpc) is 3.22. The fourth-order valence-electron chi connectivity index (χ4n) is 2.70. The van der Waals surface area contributed by atoms with Crippen LogP contribution in [0.3, 0.4) is 0 Å². The Hall–Kier alpha value is -3.41. The standard InChI is InChI=1S/C19H16N4O2/c1-12-6-7-14(17-11-23-8-4-3-5-18(23)21-17)9-16(12)22-19(24)15-10-20-25-13(15)2/h3-11H,1-2H3,(H,22,24). The van der Waals surface area contributed by atoms with Crippen molar-refractivity contribution in [3.05, 3.63) is 71.9 Å². The molecule has 0 aliphatic rings. The second kappa shape index (κ2) is 5.90. The minimum absolute atomic E-state index is 0.242. The van der Waals surface area contributed by atoms with Crippen LogP contribution in [0, 0.1) is 13.8 Å². The molecule has 25 heavy (non-hydrogen) atoms. The van der Waals surface area contributed by atoms with Crippen molar-refractivity contribution in [1.82, 2.24) is 14.5 Å². The van der Waals surface area contributed by atoms with Crippen molar-refractivity contribution in [3.63, 3.8) is 0 Å². The summed E-state index contributed by atoms with van der Waals surface area (Å²) in [5.74, 6) is 0.251. The zero-order valence-corrected chi connectivity index (χ0v) is 13.9. The number of benzene rings is 1. The third kappa shape index (κ3) is 2.78. The summed E-state index contributed by atoms with van der Waals surface area (Å²) in [4.78, 5) is 17.0. The zero-order chi connectivity index (χ0) is 17.4. The summed E-state index contributed by atoms with van der Waals surface area (Å²) in [5.41, 5.74) is 4.80. The van der Waals surface area contributed by atoms with Gasteiger partial charge in [-0.3, -0.25) is 4.79 Å². The SMILES string of the molecule is Cc1ccc(-c2cn3ccccc3n2)cc1NC(=O)c1cnoc1C. The van der Waals surface area contributed by atoms with Crippen molar-refractivity contribution in [2.45, 2.75) is 13.8 Å².